The standard InChI is InChI=1S/C16H25NS2/c1-5-17-16(14-8-6-11(2)7-9-14)15-10-18-12(3)13(4)19-15/h6-9,12-13,15-17H,5,10H2,1-4H3. The van der Waals surface area contributed by atoms with Crippen molar-refractivity contribution >= 4 is 23.5 Å². The molecule has 1 nitrogen and oxygen atoms in total. The smallest absolute Gasteiger partial charge is 0.0448 e. The predicted octanol–water partition coefficient (Wildman–Crippen LogP) is 4.27. The Bertz CT molecular complexity index is 390. The molecule has 3 heteroatoms. The molecule has 1 aliphatic rings. The van der Waals surface area contributed by atoms with Crippen LogP contribution in [-0.2, 0) is 0 Å². The molecule has 0 aromatic heterocycles. The van der Waals surface area contributed by atoms with E-state index >= 15 is 0 Å². The summed E-state index contributed by atoms with van der Waals surface area (Å²) in [5, 5.41) is 5.89. The number of rotatable bonds is 4. The zero-order valence-corrected chi connectivity index (χ0v) is 14.0. The fourth-order valence-corrected chi connectivity index (χ4v) is 5.56. The number of hydrogen-bond donors (Lipinski definition) is 1. The minimum Gasteiger partial charge on any atom is -0.309 e. The van der Waals surface area contributed by atoms with Crippen LogP contribution in [0.2, 0.25) is 0 Å². The van der Waals surface area contributed by atoms with Crippen LogP contribution in [0.3, 0.4) is 0 Å². The van der Waals surface area contributed by atoms with Gasteiger partial charge in [-0.3, -0.25) is 0 Å². The Kier molecular flexibility index (Phi) is 5.67. The van der Waals surface area contributed by atoms with Crippen LogP contribution in [0.4, 0.5) is 0 Å². The molecule has 0 bridgehead atoms. The van der Waals surface area contributed by atoms with Gasteiger partial charge < -0.3 is 5.32 Å². The second kappa shape index (κ2) is 7.05. The molecular weight excluding hydrogens is 270 g/mol. The fourth-order valence-electron chi connectivity index (χ4n) is 2.44. The highest BCUT2D eigenvalue weighted by atomic mass is 32.2. The van der Waals surface area contributed by atoms with Crippen molar-refractivity contribution in [1.82, 2.24) is 5.32 Å². The van der Waals surface area contributed by atoms with Gasteiger partial charge in [0.1, 0.15) is 0 Å². The molecule has 1 aliphatic heterocycles. The Morgan fingerprint density at radius 2 is 1.89 bits per heavy atom. The minimum atomic E-state index is 0.484. The molecule has 106 valence electrons. The summed E-state index contributed by atoms with van der Waals surface area (Å²) >= 11 is 4.28. The van der Waals surface area contributed by atoms with Crippen LogP contribution in [0.5, 0.6) is 0 Å². The maximum Gasteiger partial charge on any atom is 0.0448 e. The van der Waals surface area contributed by atoms with Crippen LogP contribution < -0.4 is 5.32 Å². The van der Waals surface area contributed by atoms with Gasteiger partial charge in [-0.05, 0) is 19.0 Å². The van der Waals surface area contributed by atoms with Gasteiger partial charge in [0.2, 0.25) is 0 Å². The molecule has 0 saturated carbocycles. The van der Waals surface area contributed by atoms with E-state index in [-0.39, 0.29) is 0 Å². The lowest BCUT2D eigenvalue weighted by Crippen LogP contribution is -2.37. The second-order valence-electron chi connectivity index (χ2n) is 5.36. The Morgan fingerprint density at radius 1 is 1.21 bits per heavy atom. The van der Waals surface area contributed by atoms with E-state index in [1.807, 2.05) is 0 Å². The molecule has 1 fully saturated rings. The number of aryl methyl sites for hydroxylation is 1. The first-order valence-corrected chi connectivity index (χ1v) is 9.18. The number of benzene rings is 1. The van der Waals surface area contributed by atoms with Crippen LogP contribution in [0.15, 0.2) is 24.3 Å². The van der Waals surface area contributed by atoms with Crippen LogP contribution in [0, 0.1) is 6.92 Å². The SMILES string of the molecule is CCNC(c1ccc(C)cc1)C1CSC(C)C(C)S1. The Hall–Kier alpha value is -0.120. The van der Waals surface area contributed by atoms with Crippen molar-refractivity contribution in [1.29, 1.82) is 0 Å². The van der Waals surface area contributed by atoms with Gasteiger partial charge in [0, 0.05) is 27.5 Å². The third-order valence-corrected chi connectivity index (χ3v) is 7.30. The van der Waals surface area contributed by atoms with E-state index < -0.39 is 0 Å². The summed E-state index contributed by atoms with van der Waals surface area (Å²) in [6, 6.07) is 9.52. The Labute approximate surface area is 126 Å². The molecular formula is C16H25NS2. The summed E-state index contributed by atoms with van der Waals surface area (Å²) in [5.74, 6) is 1.25. The molecule has 1 heterocycles. The van der Waals surface area contributed by atoms with Gasteiger partial charge in [-0.25, -0.2) is 0 Å². The van der Waals surface area contributed by atoms with E-state index in [1.54, 1.807) is 0 Å². The van der Waals surface area contributed by atoms with Crippen LogP contribution in [-0.4, -0.2) is 28.0 Å². The van der Waals surface area contributed by atoms with Gasteiger partial charge in [-0.15, -0.1) is 0 Å². The van der Waals surface area contributed by atoms with E-state index in [2.05, 4.69) is 80.8 Å². The quantitative estimate of drug-likeness (QED) is 0.891. The van der Waals surface area contributed by atoms with Gasteiger partial charge in [0.15, 0.2) is 0 Å². The summed E-state index contributed by atoms with van der Waals surface area (Å²) in [6.07, 6.45) is 0. The van der Waals surface area contributed by atoms with E-state index in [1.165, 1.54) is 16.9 Å². The first-order chi connectivity index (χ1) is 9.11. The lowest BCUT2D eigenvalue weighted by molar-refractivity contribution is 0.547. The van der Waals surface area contributed by atoms with E-state index in [9.17, 15) is 0 Å². The lowest BCUT2D eigenvalue weighted by atomic mass is 10.0. The van der Waals surface area contributed by atoms with Gasteiger partial charge in [0.05, 0.1) is 0 Å². The molecule has 1 saturated heterocycles. The van der Waals surface area contributed by atoms with Crippen molar-refractivity contribution in [3.05, 3.63) is 35.4 Å². The zero-order valence-electron chi connectivity index (χ0n) is 12.3. The van der Waals surface area contributed by atoms with Gasteiger partial charge >= 0.3 is 0 Å². The highest BCUT2D eigenvalue weighted by molar-refractivity contribution is 8.07. The average molecular weight is 296 g/mol. The van der Waals surface area contributed by atoms with Crippen LogP contribution in [0.25, 0.3) is 0 Å². The lowest BCUT2D eigenvalue weighted by Gasteiger charge is -2.36. The predicted molar refractivity (Wildman–Crippen MR) is 90.4 cm³/mol. The van der Waals surface area contributed by atoms with E-state index in [0.29, 0.717) is 11.3 Å². The summed E-state index contributed by atoms with van der Waals surface area (Å²) in [6.45, 7) is 10.1. The van der Waals surface area contributed by atoms with Crippen molar-refractivity contribution in [3.8, 4) is 0 Å². The molecule has 0 amide bonds. The van der Waals surface area contributed by atoms with Crippen molar-refractivity contribution < 1.29 is 0 Å². The first-order valence-electron chi connectivity index (χ1n) is 7.18. The van der Waals surface area contributed by atoms with Gasteiger partial charge in [0.25, 0.3) is 0 Å². The monoisotopic (exact) mass is 295 g/mol. The van der Waals surface area contributed by atoms with Gasteiger partial charge in [-0.1, -0.05) is 50.6 Å². The maximum absolute atomic E-state index is 3.69. The Morgan fingerprint density at radius 3 is 2.47 bits per heavy atom. The number of nitrogens with one attached hydrogen (secondary N) is 1. The normalized spacial score (nSPS) is 29.2. The molecule has 0 aliphatic carbocycles. The summed E-state index contributed by atoms with van der Waals surface area (Å²) < 4.78 is 0. The largest absolute Gasteiger partial charge is 0.309 e. The highest BCUT2D eigenvalue weighted by Crippen LogP contribution is 2.41. The summed E-state index contributed by atoms with van der Waals surface area (Å²) in [7, 11) is 0. The van der Waals surface area contributed by atoms with Crippen molar-refractivity contribution in [2.24, 2.45) is 0 Å². The molecule has 1 N–H and O–H groups in total. The van der Waals surface area contributed by atoms with E-state index in [0.717, 1.165) is 17.0 Å². The third-order valence-electron chi connectivity index (χ3n) is 3.81. The number of hydrogen-bond acceptors (Lipinski definition) is 3. The average Bonchev–Trinajstić information content (AvgIpc) is 2.41. The van der Waals surface area contributed by atoms with Crippen LogP contribution >= 0.6 is 23.5 Å². The molecule has 1 aromatic carbocycles. The molecule has 0 spiro atoms. The first kappa shape index (κ1) is 15.3. The third kappa shape index (κ3) is 3.93. The molecule has 19 heavy (non-hydrogen) atoms. The molecule has 2 rings (SSSR count). The van der Waals surface area contributed by atoms with Crippen LogP contribution in [0.1, 0.15) is 37.9 Å². The van der Waals surface area contributed by atoms with E-state index in [4.69, 9.17) is 0 Å². The van der Waals surface area contributed by atoms with Crippen molar-refractivity contribution in [2.75, 3.05) is 12.3 Å². The Balaban J connectivity index is 2.13. The summed E-state index contributed by atoms with van der Waals surface area (Å²) in [4.78, 5) is 0. The fraction of sp³-hybridized carbons (Fsp3) is 0.625. The molecule has 4 atom stereocenters. The van der Waals surface area contributed by atoms with Gasteiger partial charge in [-0.2, -0.15) is 23.5 Å². The van der Waals surface area contributed by atoms with Crippen molar-refractivity contribution in [3.63, 3.8) is 0 Å². The minimum absolute atomic E-state index is 0.484. The zero-order chi connectivity index (χ0) is 13.8. The second-order valence-corrected chi connectivity index (χ2v) is 8.40. The van der Waals surface area contributed by atoms with Crippen molar-refractivity contribution in [2.45, 2.75) is 49.5 Å². The molecule has 4 unspecified atom stereocenters. The number of thioether (sulfide) groups is 2. The highest BCUT2D eigenvalue weighted by Gasteiger charge is 2.31. The molecule has 0 radical (unpaired) electrons. The molecule has 1 aromatic rings. The summed E-state index contributed by atoms with van der Waals surface area (Å²) in [5.41, 5.74) is 2.78. The maximum atomic E-state index is 3.69. The topological polar surface area (TPSA) is 12.0 Å².